The Labute approximate surface area is 175 Å². The summed E-state index contributed by atoms with van der Waals surface area (Å²) in [7, 11) is 0. The molecule has 29 heavy (non-hydrogen) atoms. The van der Waals surface area contributed by atoms with Crippen molar-refractivity contribution in [3.8, 4) is 0 Å². The highest BCUT2D eigenvalue weighted by atomic mass is 32.1. The molecule has 1 aromatic heterocycles. The molecule has 3 amide bonds. The Kier molecular flexibility index (Phi) is 4.82. The number of nitrogens with one attached hydrogen (secondary N) is 1. The first-order valence-corrected chi connectivity index (χ1v) is 11.6. The van der Waals surface area contributed by atoms with Gasteiger partial charge in [-0.1, -0.05) is 31.9 Å². The molecule has 3 aliphatic rings. The van der Waals surface area contributed by atoms with Crippen molar-refractivity contribution >= 4 is 33.5 Å². The zero-order chi connectivity index (χ0) is 20.0. The Morgan fingerprint density at radius 1 is 1.21 bits per heavy atom. The molecule has 3 heterocycles. The number of fused-ring (bicyclic) bond motifs is 1. The summed E-state index contributed by atoms with van der Waals surface area (Å²) in [6, 6.07) is 8.05. The second-order valence-electron chi connectivity index (χ2n) is 8.86. The number of hydrogen-bond acceptors (Lipinski definition) is 5. The maximum absolute atomic E-state index is 13.3. The van der Waals surface area contributed by atoms with Gasteiger partial charge < -0.3 is 5.32 Å². The topological polar surface area (TPSA) is 65.5 Å². The lowest BCUT2D eigenvalue weighted by Crippen LogP contribution is -2.54. The van der Waals surface area contributed by atoms with E-state index in [2.05, 4.69) is 35.3 Å². The van der Waals surface area contributed by atoms with E-state index in [1.807, 2.05) is 6.07 Å². The van der Waals surface area contributed by atoms with Crippen molar-refractivity contribution in [2.75, 3.05) is 19.8 Å². The second-order valence-corrected chi connectivity index (χ2v) is 9.92. The van der Waals surface area contributed by atoms with E-state index < -0.39 is 5.54 Å². The molecule has 1 saturated carbocycles. The normalized spacial score (nSPS) is 31.0. The molecule has 0 radical (unpaired) electrons. The minimum absolute atomic E-state index is 0.0168. The molecule has 1 spiro atoms. The van der Waals surface area contributed by atoms with Gasteiger partial charge >= 0.3 is 6.03 Å². The first-order valence-electron chi connectivity index (χ1n) is 10.8. The van der Waals surface area contributed by atoms with Gasteiger partial charge in [-0.05, 0) is 50.3 Å². The van der Waals surface area contributed by atoms with Crippen LogP contribution in [0.5, 0.6) is 0 Å². The van der Waals surface area contributed by atoms with Crippen molar-refractivity contribution in [2.24, 2.45) is 5.92 Å². The lowest BCUT2D eigenvalue weighted by molar-refractivity contribution is -0.135. The third-order valence-electron chi connectivity index (χ3n) is 7.01. The Morgan fingerprint density at radius 3 is 2.90 bits per heavy atom. The van der Waals surface area contributed by atoms with Crippen molar-refractivity contribution in [2.45, 2.75) is 56.9 Å². The van der Waals surface area contributed by atoms with E-state index in [-0.39, 0.29) is 17.9 Å². The Balaban J connectivity index is 1.30. The first-order chi connectivity index (χ1) is 14.1. The summed E-state index contributed by atoms with van der Waals surface area (Å²) >= 11 is 1.77. The summed E-state index contributed by atoms with van der Waals surface area (Å²) in [5.41, 5.74) is 0.393. The second kappa shape index (κ2) is 7.36. The van der Waals surface area contributed by atoms with Crippen LogP contribution in [0.15, 0.2) is 24.3 Å². The number of carbonyl (C=O) groups is 2. The first kappa shape index (κ1) is 19.0. The van der Waals surface area contributed by atoms with E-state index in [1.54, 1.807) is 11.3 Å². The molecule has 1 aliphatic carbocycles. The average molecular weight is 413 g/mol. The molecule has 5 rings (SSSR count). The molecule has 2 aromatic rings. The number of benzene rings is 1. The Bertz CT molecular complexity index is 911. The Hall–Kier alpha value is -1.99. The lowest BCUT2D eigenvalue weighted by atomic mass is 9.73. The molecule has 2 saturated heterocycles. The van der Waals surface area contributed by atoms with E-state index in [1.165, 1.54) is 14.6 Å². The maximum atomic E-state index is 13.3. The number of piperidine rings is 1. The number of para-hydroxylation sites is 1. The van der Waals surface area contributed by atoms with Crippen LogP contribution in [-0.4, -0.2) is 52.0 Å². The van der Waals surface area contributed by atoms with E-state index in [0.29, 0.717) is 12.6 Å². The van der Waals surface area contributed by atoms with Gasteiger partial charge in [0, 0.05) is 12.5 Å². The summed E-state index contributed by atoms with van der Waals surface area (Å²) in [6.45, 7) is 4.26. The molecule has 3 atom stereocenters. The fraction of sp³-hybridized carbons (Fsp3) is 0.591. The minimum atomic E-state index is -0.669. The van der Waals surface area contributed by atoms with Gasteiger partial charge in [-0.25, -0.2) is 14.7 Å². The zero-order valence-corrected chi connectivity index (χ0v) is 17.7. The highest BCUT2D eigenvalue weighted by molar-refractivity contribution is 7.18. The van der Waals surface area contributed by atoms with Gasteiger partial charge in [-0.2, -0.15) is 0 Å². The van der Waals surface area contributed by atoms with Crippen LogP contribution in [0.2, 0.25) is 0 Å². The summed E-state index contributed by atoms with van der Waals surface area (Å²) in [4.78, 5) is 34.5. The van der Waals surface area contributed by atoms with E-state index >= 15 is 0 Å². The van der Waals surface area contributed by atoms with Crippen molar-refractivity contribution in [1.29, 1.82) is 0 Å². The highest BCUT2D eigenvalue weighted by Crippen LogP contribution is 2.39. The van der Waals surface area contributed by atoms with Crippen LogP contribution in [0, 0.1) is 5.92 Å². The monoisotopic (exact) mass is 412 g/mol. The quantitative estimate of drug-likeness (QED) is 0.776. The van der Waals surface area contributed by atoms with Crippen molar-refractivity contribution in [3.63, 3.8) is 0 Å². The number of urea groups is 1. The van der Waals surface area contributed by atoms with Crippen LogP contribution in [-0.2, 0) is 4.79 Å². The van der Waals surface area contributed by atoms with Gasteiger partial charge in [-0.15, -0.1) is 11.3 Å². The van der Waals surface area contributed by atoms with Crippen LogP contribution in [0.3, 0.4) is 0 Å². The predicted molar refractivity (Wildman–Crippen MR) is 114 cm³/mol. The van der Waals surface area contributed by atoms with Crippen molar-refractivity contribution in [1.82, 2.24) is 20.1 Å². The standard InChI is InChI=1S/C22H28N4O2S/c1-15-7-4-5-11-22(15)20(27)26(21(28)24-22)14-25-12-6-8-16(13-25)19-23-17-9-2-3-10-18(17)29-19/h2-3,9-10,15-16H,4-8,11-14H2,1H3,(H,24,28)/t15-,16-,22-/m1/s1. The summed E-state index contributed by atoms with van der Waals surface area (Å²) < 4.78 is 1.22. The molecule has 7 heteroatoms. The molecular weight excluding hydrogens is 384 g/mol. The molecule has 2 aliphatic heterocycles. The van der Waals surface area contributed by atoms with E-state index in [0.717, 1.165) is 57.1 Å². The number of imide groups is 1. The van der Waals surface area contributed by atoms with Crippen LogP contribution < -0.4 is 5.32 Å². The summed E-state index contributed by atoms with van der Waals surface area (Å²) in [5, 5.41) is 4.24. The van der Waals surface area contributed by atoms with Gasteiger partial charge in [0.25, 0.3) is 5.91 Å². The van der Waals surface area contributed by atoms with Gasteiger partial charge in [0.1, 0.15) is 5.54 Å². The molecule has 1 aromatic carbocycles. The number of nitrogens with zero attached hydrogens (tertiary/aromatic N) is 3. The van der Waals surface area contributed by atoms with Crippen molar-refractivity contribution in [3.05, 3.63) is 29.3 Å². The van der Waals surface area contributed by atoms with E-state index in [4.69, 9.17) is 4.98 Å². The molecular formula is C22H28N4O2S. The lowest BCUT2D eigenvalue weighted by Gasteiger charge is -2.37. The molecule has 6 nitrogen and oxygen atoms in total. The average Bonchev–Trinajstić information content (AvgIpc) is 3.26. The molecule has 154 valence electrons. The smallest absolute Gasteiger partial charge is 0.323 e. The summed E-state index contributed by atoms with van der Waals surface area (Å²) in [5.74, 6) is 0.552. The number of hydrogen-bond donors (Lipinski definition) is 1. The number of aromatic nitrogens is 1. The number of rotatable bonds is 3. The zero-order valence-electron chi connectivity index (χ0n) is 16.9. The highest BCUT2D eigenvalue weighted by Gasteiger charge is 2.55. The largest absolute Gasteiger partial charge is 0.326 e. The number of likely N-dealkylation sites (tertiary alicyclic amines) is 1. The van der Waals surface area contributed by atoms with Crippen LogP contribution in [0.25, 0.3) is 10.2 Å². The minimum Gasteiger partial charge on any atom is -0.323 e. The van der Waals surface area contributed by atoms with E-state index in [9.17, 15) is 9.59 Å². The van der Waals surface area contributed by atoms with Gasteiger partial charge in [0.15, 0.2) is 0 Å². The predicted octanol–water partition coefficient (Wildman–Crippen LogP) is 3.93. The number of thiazole rings is 1. The van der Waals surface area contributed by atoms with Crippen LogP contribution in [0.4, 0.5) is 4.79 Å². The van der Waals surface area contributed by atoms with Crippen LogP contribution >= 0.6 is 11.3 Å². The van der Waals surface area contributed by atoms with Gasteiger partial charge in [-0.3, -0.25) is 9.69 Å². The van der Waals surface area contributed by atoms with Gasteiger partial charge in [0.2, 0.25) is 0 Å². The fourth-order valence-electron chi connectivity index (χ4n) is 5.27. The fourth-order valence-corrected chi connectivity index (χ4v) is 6.37. The third-order valence-corrected chi connectivity index (χ3v) is 8.21. The SMILES string of the molecule is C[C@@H]1CCCC[C@@]12NC(=O)N(CN1CCC[C@@H](c3nc4ccccc4s3)C1)C2=O. The molecule has 3 fully saturated rings. The maximum Gasteiger partial charge on any atom is 0.326 e. The molecule has 0 bridgehead atoms. The molecule has 1 N–H and O–H groups in total. The van der Waals surface area contributed by atoms with Crippen molar-refractivity contribution < 1.29 is 9.59 Å². The third kappa shape index (κ3) is 3.24. The molecule has 0 unspecified atom stereocenters. The number of amides is 3. The van der Waals surface area contributed by atoms with Gasteiger partial charge in [0.05, 0.1) is 21.9 Å². The number of carbonyl (C=O) groups excluding carboxylic acids is 2. The van der Waals surface area contributed by atoms with Crippen LogP contribution in [0.1, 0.15) is 56.4 Å². The Morgan fingerprint density at radius 2 is 2.07 bits per heavy atom. The summed E-state index contributed by atoms with van der Waals surface area (Å²) in [6.07, 6.45) is 6.09.